The van der Waals surface area contributed by atoms with Gasteiger partial charge in [-0.3, -0.25) is 0 Å². The van der Waals surface area contributed by atoms with Crippen molar-refractivity contribution in [3.63, 3.8) is 0 Å². The van der Waals surface area contributed by atoms with Crippen LogP contribution in [0.3, 0.4) is 0 Å². The van der Waals surface area contributed by atoms with E-state index in [9.17, 15) is 20.4 Å². The molecule has 0 aromatic carbocycles. The summed E-state index contributed by atoms with van der Waals surface area (Å²) in [6, 6.07) is 0. The molecule has 0 radical (unpaired) electrons. The molecule has 6 N–H and O–H groups in total. The molecule has 6 nitrogen and oxygen atoms in total. The van der Waals surface area contributed by atoms with E-state index >= 15 is 0 Å². The second kappa shape index (κ2) is 28.1. The van der Waals surface area contributed by atoms with Crippen LogP contribution in [-0.2, 0) is 0 Å². The smallest absolute Gasteiger partial charge is 0.0543 e. The molecule has 0 aliphatic heterocycles. The van der Waals surface area contributed by atoms with Gasteiger partial charge in [-0.2, -0.15) is 0 Å². The van der Waals surface area contributed by atoms with E-state index in [1.807, 2.05) is 0 Å². The van der Waals surface area contributed by atoms with E-state index < -0.39 is 0 Å². The largest absolute Gasteiger partial charge is 0.396 e. The van der Waals surface area contributed by atoms with E-state index in [0.29, 0.717) is 0 Å². The molecule has 0 saturated heterocycles. The Kier molecular flexibility index (Phi) is 27.2. The predicted molar refractivity (Wildman–Crippen MR) is 312 cm³/mol. The summed E-state index contributed by atoms with van der Waals surface area (Å²) in [6.45, 7) is 52.0. The van der Waals surface area contributed by atoms with Gasteiger partial charge in [-0.25, -0.2) is 0 Å². The molecule has 0 aromatic heterocycles. The highest BCUT2D eigenvalue weighted by molar-refractivity contribution is 5.12. The van der Waals surface area contributed by atoms with E-state index in [1.54, 1.807) is 0 Å². The molecule has 8 atom stereocenters. The molecule has 6 fully saturated rings. The fourth-order valence-electron chi connectivity index (χ4n) is 16.7. The molecular weight excluding hydrogens is 889 g/mol. The summed E-state index contributed by atoms with van der Waals surface area (Å²) in [4.78, 5) is 0. The van der Waals surface area contributed by atoms with Crippen molar-refractivity contribution >= 4 is 0 Å². The van der Waals surface area contributed by atoms with E-state index in [2.05, 4.69) is 159 Å². The lowest BCUT2D eigenvalue weighted by atomic mass is 9.36. The number of hydrogen-bond acceptors (Lipinski definition) is 6. The first-order valence-corrected chi connectivity index (χ1v) is 30.4. The zero-order valence-corrected chi connectivity index (χ0v) is 52.8. The monoisotopic (exact) mass is 1020 g/mol. The summed E-state index contributed by atoms with van der Waals surface area (Å²) in [6.07, 6.45) is 27.6. The molecule has 6 aliphatic rings. The highest BCUT2D eigenvalue weighted by Gasteiger charge is 2.64. The molecule has 432 valence electrons. The quantitative estimate of drug-likeness (QED) is 0.163. The average Bonchev–Trinajstić information content (AvgIpc) is 3.25. The molecule has 0 aromatic rings. The molecule has 6 aliphatic carbocycles. The number of rotatable bonds is 5. The van der Waals surface area contributed by atoms with Gasteiger partial charge in [0.2, 0.25) is 0 Å². The van der Waals surface area contributed by atoms with Gasteiger partial charge < -0.3 is 30.6 Å². The molecule has 0 amide bonds. The fraction of sp³-hybridized carbons (Fsp3) is 1.00. The van der Waals surface area contributed by atoms with Crippen LogP contribution in [0, 0.1) is 89.7 Å². The van der Waals surface area contributed by atoms with Gasteiger partial charge in [-0.15, -0.1) is 0 Å². The van der Waals surface area contributed by atoms with Crippen molar-refractivity contribution in [2.45, 2.75) is 312 Å². The van der Waals surface area contributed by atoms with Gasteiger partial charge in [0.05, 0.1) is 18.3 Å². The molecule has 72 heavy (non-hydrogen) atoms. The average molecular weight is 1020 g/mol. The Morgan fingerprint density at radius 3 is 0.972 bits per heavy atom. The van der Waals surface area contributed by atoms with Crippen molar-refractivity contribution in [3.05, 3.63) is 0 Å². The van der Waals surface area contributed by atoms with Crippen molar-refractivity contribution in [1.82, 2.24) is 0 Å². The van der Waals surface area contributed by atoms with Gasteiger partial charge in [0.1, 0.15) is 0 Å². The molecule has 8 unspecified atom stereocenters. The normalized spacial score (nSPS) is 28.1. The Bertz CT molecular complexity index is 1430. The van der Waals surface area contributed by atoms with Gasteiger partial charge in [-0.05, 0) is 160 Å². The van der Waals surface area contributed by atoms with Gasteiger partial charge in [0.25, 0.3) is 0 Å². The fourth-order valence-corrected chi connectivity index (χ4v) is 16.7. The van der Waals surface area contributed by atoms with Crippen LogP contribution in [0.15, 0.2) is 0 Å². The zero-order valence-electron chi connectivity index (χ0n) is 52.8. The van der Waals surface area contributed by atoms with Crippen LogP contribution >= 0.6 is 0 Å². The Balaban J connectivity index is 0.000000442. The summed E-state index contributed by atoms with van der Waals surface area (Å²) in [5, 5.41) is 56.3. The summed E-state index contributed by atoms with van der Waals surface area (Å²) < 4.78 is 0. The van der Waals surface area contributed by atoms with Crippen LogP contribution in [0.4, 0.5) is 0 Å². The minimum atomic E-state index is -0.137. The second-order valence-corrected chi connectivity index (χ2v) is 32.5. The maximum atomic E-state index is 10.0. The Hall–Kier alpha value is -0.240. The second-order valence-electron chi connectivity index (χ2n) is 32.5. The van der Waals surface area contributed by atoms with Crippen molar-refractivity contribution < 1.29 is 30.6 Å². The van der Waals surface area contributed by atoms with E-state index in [1.165, 1.54) is 96.3 Å². The van der Waals surface area contributed by atoms with Crippen LogP contribution in [0.5, 0.6) is 0 Å². The highest BCUT2D eigenvalue weighted by atomic mass is 16.3. The Morgan fingerprint density at radius 1 is 0.278 bits per heavy atom. The van der Waals surface area contributed by atoms with Gasteiger partial charge in [0, 0.05) is 19.8 Å². The lowest BCUT2D eigenvalue weighted by Gasteiger charge is -2.68. The Morgan fingerprint density at radius 2 is 0.625 bits per heavy atom. The first kappa shape index (κ1) is 69.8. The number of fused-ring (bicyclic) bond motifs is 4. The maximum absolute atomic E-state index is 10.0. The van der Waals surface area contributed by atoms with Gasteiger partial charge in [0.15, 0.2) is 0 Å². The SMILES string of the molecule is CC(C)(C)C(C(C)(C)C)(C(C)(C)C)C(C)(C)CO.CC(C)(C)C(C)(C)C(C)(C)CO.CC(C)(C)C(C)(C)CO.OC1CCC2C(CCC3CCCCC32)C1.OC1CCC2CCCCC2C1.OC1CCCCC1. The van der Waals surface area contributed by atoms with Crippen molar-refractivity contribution in [2.24, 2.45) is 89.7 Å². The molecule has 6 rings (SSSR count). The first-order chi connectivity index (χ1) is 32.5. The van der Waals surface area contributed by atoms with Crippen molar-refractivity contribution in [1.29, 1.82) is 0 Å². The lowest BCUT2D eigenvalue weighted by Crippen LogP contribution is -2.63. The van der Waals surface area contributed by atoms with Crippen LogP contribution in [-0.4, -0.2) is 68.8 Å². The van der Waals surface area contributed by atoms with E-state index in [4.69, 9.17) is 10.2 Å². The standard InChI is InChI=1S/C17H36O.C14H24O.C11H24O.C10H18O.C8H18O.C6H12O/c1-13(2,3)17(14(4,5)6,15(7,8)9)16(10,11)12-18;15-12-7-8-14-11(9-12)6-5-10-3-1-2-4-13(10)14;1-9(2,3)11(6,7)10(4,5)8-12;11-10-6-5-8-3-1-2-4-9(8)7-10;1-7(2,3)8(4,5)6-9;7-6-4-2-1-3-5-6/h18H,12H2,1-11H3;10-15H,1-9H2;12H,8H2,1-7H3;8-11H,1-7H2;9H,6H2,1-5H3;6-7H,1-5H2. The molecule has 6 saturated carbocycles. The summed E-state index contributed by atoms with van der Waals surface area (Å²) >= 11 is 0. The molecule has 0 bridgehead atoms. The van der Waals surface area contributed by atoms with Crippen LogP contribution in [0.25, 0.3) is 0 Å². The third-order valence-corrected chi connectivity index (χ3v) is 21.7. The molecule has 0 spiro atoms. The van der Waals surface area contributed by atoms with E-state index in [0.717, 1.165) is 74.0 Å². The van der Waals surface area contributed by atoms with Crippen molar-refractivity contribution in [3.8, 4) is 0 Å². The zero-order chi connectivity index (χ0) is 56.2. The number of aliphatic hydroxyl groups excluding tert-OH is 6. The lowest BCUT2D eigenvalue weighted by molar-refractivity contribution is -0.214. The van der Waals surface area contributed by atoms with Gasteiger partial charge >= 0.3 is 0 Å². The van der Waals surface area contributed by atoms with Gasteiger partial charge in [-0.1, -0.05) is 223 Å². The maximum Gasteiger partial charge on any atom is 0.0543 e. The van der Waals surface area contributed by atoms with Crippen LogP contribution in [0.1, 0.15) is 294 Å². The number of aliphatic hydroxyl groups is 6. The topological polar surface area (TPSA) is 121 Å². The summed E-state index contributed by atoms with van der Waals surface area (Å²) in [7, 11) is 0. The molecular formula is C66H132O6. The predicted octanol–water partition coefficient (Wildman–Crippen LogP) is 17.3. The molecule has 6 heteroatoms. The minimum Gasteiger partial charge on any atom is -0.396 e. The first-order valence-electron chi connectivity index (χ1n) is 30.4. The van der Waals surface area contributed by atoms with E-state index in [-0.39, 0.29) is 92.3 Å². The molecule has 0 heterocycles. The third-order valence-electron chi connectivity index (χ3n) is 21.7. The number of hydrogen-bond donors (Lipinski definition) is 6. The minimum absolute atomic E-state index is 0.00868. The van der Waals surface area contributed by atoms with Crippen molar-refractivity contribution in [2.75, 3.05) is 19.8 Å². The third kappa shape index (κ3) is 18.7. The van der Waals surface area contributed by atoms with Crippen LogP contribution in [0.2, 0.25) is 0 Å². The highest BCUT2D eigenvalue weighted by Crippen LogP contribution is 2.69. The summed E-state index contributed by atoms with van der Waals surface area (Å²) in [5.41, 5.74) is 0.756. The van der Waals surface area contributed by atoms with Crippen LogP contribution < -0.4 is 0 Å². The Labute approximate surface area is 450 Å². The summed E-state index contributed by atoms with van der Waals surface area (Å²) in [5.74, 6) is 5.85.